The minimum absolute atomic E-state index is 0.0404. The van der Waals surface area contributed by atoms with Crippen molar-refractivity contribution in [3.8, 4) is 0 Å². The number of rotatable bonds is 2. The molecule has 0 radical (unpaired) electrons. The van der Waals surface area contributed by atoms with Crippen LogP contribution in [-0.4, -0.2) is 26.2 Å². The zero-order valence-corrected chi connectivity index (χ0v) is 8.67. The molecule has 1 N–H and O–H groups in total. The normalized spacial score (nSPS) is 34.2. The molecule has 0 amide bonds. The number of esters is 1. The summed E-state index contributed by atoms with van der Waals surface area (Å²) in [6.45, 7) is 2.19. The maximum atomic E-state index is 11.3. The van der Waals surface area contributed by atoms with Crippen LogP contribution in [0, 0.1) is 11.8 Å². The zero-order valence-electron chi connectivity index (χ0n) is 8.67. The Balaban J connectivity index is 2.45. The quantitative estimate of drug-likeness (QED) is 0.657. The first-order valence-corrected chi connectivity index (χ1v) is 4.94. The molecule has 0 aromatic carbocycles. The van der Waals surface area contributed by atoms with E-state index >= 15 is 0 Å². The molecule has 76 valence electrons. The third-order valence-electron chi connectivity index (χ3n) is 3.07. The lowest BCUT2D eigenvalue weighted by Gasteiger charge is -2.32. The van der Waals surface area contributed by atoms with Gasteiger partial charge in [-0.05, 0) is 32.2 Å². The molecule has 0 heterocycles. The number of methoxy groups -OCH3 is 1. The molecule has 1 saturated carbocycles. The van der Waals surface area contributed by atoms with Gasteiger partial charge in [0.25, 0.3) is 0 Å². The fourth-order valence-corrected chi connectivity index (χ4v) is 2.21. The number of ether oxygens (including phenoxy) is 1. The van der Waals surface area contributed by atoms with Gasteiger partial charge in [-0.3, -0.25) is 4.79 Å². The van der Waals surface area contributed by atoms with Crippen molar-refractivity contribution in [3.05, 3.63) is 0 Å². The molecule has 0 aromatic rings. The van der Waals surface area contributed by atoms with Crippen LogP contribution in [0.2, 0.25) is 0 Å². The van der Waals surface area contributed by atoms with E-state index in [1.807, 2.05) is 7.05 Å². The molecule has 1 rings (SSSR count). The first-order valence-electron chi connectivity index (χ1n) is 4.94. The SMILES string of the molecule is CNC1CCC(C(=O)OC)CC1C. The first kappa shape index (κ1) is 10.5. The van der Waals surface area contributed by atoms with Crippen molar-refractivity contribution in [1.82, 2.24) is 5.32 Å². The maximum Gasteiger partial charge on any atom is 0.308 e. The number of nitrogens with one attached hydrogen (secondary N) is 1. The number of hydrogen-bond donors (Lipinski definition) is 1. The van der Waals surface area contributed by atoms with Gasteiger partial charge >= 0.3 is 5.97 Å². The average Bonchev–Trinajstić information content (AvgIpc) is 2.16. The molecule has 0 bridgehead atoms. The van der Waals surface area contributed by atoms with E-state index in [0.717, 1.165) is 19.3 Å². The Morgan fingerprint density at radius 1 is 1.46 bits per heavy atom. The lowest BCUT2D eigenvalue weighted by molar-refractivity contribution is -0.147. The molecular weight excluding hydrogens is 166 g/mol. The van der Waals surface area contributed by atoms with Gasteiger partial charge in [0, 0.05) is 6.04 Å². The Morgan fingerprint density at radius 3 is 2.62 bits per heavy atom. The molecule has 0 spiro atoms. The summed E-state index contributed by atoms with van der Waals surface area (Å²) < 4.78 is 4.75. The molecule has 3 heteroatoms. The summed E-state index contributed by atoms with van der Waals surface area (Å²) in [7, 11) is 3.46. The molecule has 3 nitrogen and oxygen atoms in total. The molecule has 3 atom stereocenters. The smallest absolute Gasteiger partial charge is 0.308 e. The van der Waals surface area contributed by atoms with E-state index < -0.39 is 0 Å². The third-order valence-corrected chi connectivity index (χ3v) is 3.07. The van der Waals surface area contributed by atoms with Gasteiger partial charge in [0.15, 0.2) is 0 Å². The topological polar surface area (TPSA) is 38.3 Å². The lowest BCUT2D eigenvalue weighted by Crippen LogP contribution is -2.39. The van der Waals surface area contributed by atoms with E-state index in [1.165, 1.54) is 7.11 Å². The van der Waals surface area contributed by atoms with Gasteiger partial charge in [-0.15, -0.1) is 0 Å². The van der Waals surface area contributed by atoms with E-state index in [2.05, 4.69) is 12.2 Å². The lowest BCUT2D eigenvalue weighted by atomic mass is 9.79. The Morgan fingerprint density at radius 2 is 2.15 bits per heavy atom. The van der Waals surface area contributed by atoms with E-state index in [9.17, 15) is 4.79 Å². The van der Waals surface area contributed by atoms with E-state index in [-0.39, 0.29) is 11.9 Å². The van der Waals surface area contributed by atoms with Crippen molar-refractivity contribution < 1.29 is 9.53 Å². The second-order valence-electron chi connectivity index (χ2n) is 3.91. The minimum atomic E-state index is -0.0404. The highest BCUT2D eigenvalue weighted by Crippen LogP contribution is 2.29. The van der Waals surface area contributed by atoms with Gasteiger partial charge in [-0.25, -0.2) is 0 Å². The number of carbonyl (C=O) groups is 1. The largest absolute Gasteiger partial charge is 0.469 e. The van der Waals surface area contributed by atoms with E-state index in [0.29, 0.717) is 12.0 Å². The molecule has 1 aliphatic carbocycles. The fourth-order valence-electron chi connectivity index (χ4n) is 2.21. The van der Waals surface area contributed by atoms with Crippen LogP contribution < -0.4 is 5.32 Å². The van der Waals surface area contributed by atoms with Crippen LogP contribution in [-0.2, 0) is 9.53 Å². The van der Waals surface area contributed by atoms with Crippen molar-refractivity contribution >= 4 is 5.97 Å². The van der Waals surface area contributed by atoms with Gasteiger partial charge in [0.05, 0.1) is 13.0 Å². The molecule has 1 aliphatic rings. The van der Waals surface area contributed by atoms with Crippen LogP contribution in [0.15, 0.2) is 0 Å². The predicted octanol–water partition coefficient (Wildman–Crippen LogP) is 1.18. The molecule has 0 aliphatic heterocycles. The minimum Gasteiger partial charge on any atom is -0.469 e. The zero-order chi connectivity index (χ0) is 9.84. The monoisotopic (exact) mass is 185 g/mol. The summed E-state index contributed by atoms with van der Waals surface area (Å²) in [5, 5.41) is 3.28. The highest BCUT2D eigenvalue weighted by Gasteiger charge is 2.30. The standard InChI is InChI=1S/C10H19NO2/c1-7-6-8(10(12)13-3)4-5-9(7)11-2/h7-9,11H,4-6H2,1-3H3. The number of hydrogen-bond acceptors (Lipinski definition) is 3. The Hall–Kier alpha value is -0.570. The highest BCUT2D eigenvalue weighted by molar-refractivity contribution is 5.72. The average molecular weight is 185 g/mol. The molecule has 13 heavy (non-hydrogen) atoms. The summed E-state index contributed by atoms with van der Waals surface area (Å²) in [4.78, 5) is 11.3. The Labute approximate surface area is 79.8 Å². The second kappa shape index (κ2) is 4.61. The molecular formula is C10H19NO2. The van der Waals surface area contributed by atoms with Crippen LogP contribution in [0.1, 0.15) is 26.2 Å². The highest BCUT2D eigenvalue weighted by atomic mass is 16.5. The van der Waals surface area contributed by atoms with Crippen molar-refractivity contribution in [2.75, 3.05) is 14.2 Å². The summed E-state index contributed by atoms with van der Waals surface area (Å²) in [5.74, 6) is 0.661. The van der Waals surface area contributed by atoms with E-state index in [1.54, 1.807) is 0 Å². The molecule has 0 aromatic heterocycles. The summed E-state index contributed by atoms with van der Waals surface area (Å²) >= 11 is 0. The van der Waals surface area contributed by atoms with Gasteiger partial charge in [-0.2, -0.15) is 0 Å². The van der Waals surface area contributed by atoms with Crippen molar-refractivity contribution in [2.24, 2.45) is 11.8 Å². The van der Waals surface area contributed by atoms with Crippen molar-refractivity contribution in [1.29, 1.82) is 0 Å². The van der Waals surface area contributed by atoms with Gasteiger partial charge in [-0.1, -0.05) is 6.92 Å². The van der Waals surface area contributed by atoms with Crippen LogP contribution in [0.25, 0.3) is 0 Å². The second-order valence-corrected chi connectivity index (χ2v) is 3.91. The van der Waals surface area contributed by atoms with Gasteiger partial charge in [0.1, 0.15) is 0 Å². The molecule has 1 fully saturated rings. The van der Waals surface area contributed by atoms with Crippen molar-refractivity contribution in [2.45, 2.75) is 32.2 Å². The van der Waals surface area contributed by atoms with Crippen LogP contribution in [0.3, 0.4) is 0 Å². The predicted molar refractivity (Wildman–Crippen MR) is 51.4 cm³/mol. The van der Waals surface area contributed by atoms with E-state index in [4.69, 9.17) is 4.74 Å². The van der Waals surface area contributed by atoms with Crippen molar-refractivity contribution in [3.63, 3.8) is 0 Å². The summed E-state index contributed by atoms with van der Waals surface area (Å²) in [6.07, 6.45) is 3.00. The van der Waals surface area contributed by atoms with Gasteiger partial charge < -0.3 is 10.1 Å². The van der Waals surface area contributed by atoms with Crippen LogP contribution >= 0.6 is 0 Å². The summed E-state index contributed by atoms with van der Waals surface area (Å²) in [6, 6.07) is 0.570. The van der Waals surface area contributed by atoms with Crippen LogP contribution in [0.4, 0.5) is 0 Å². The Bertz CT molecular complexity index is 182. The maximum absolute atomic E-state index is 11.3. The molecule has 3 unspecified atom stereocenters. The van der Waals surface area contributed by atoms with Gasteiger partial charge in [0.2, 0.25) is 0 Å². The fraction of sp³-hybridized carbons (Fsp3) is 0.900. The Kier molecular flexibility index (Phi) is 3.72. The molecule has 0 saturated heterocycles. The number of carbonyl (C=O) groups excluding carboxylic acids is 1. The third kappa shape index (κ3) is 2.44. The summed E-state index contributed by atoms with van der Waals surface area (Å²) in [5.41, 5.74) is 0. The first-order chi connectivity index (χ1) is 6.19. The van der Waals surface area contributed by atoms with Crippen LogP contribution in [0.5, 0.6) is 0 Å².